The van der Waals surface area contributed by atoms with Gasteiger partial charge in [0.25, 0.3) is 0 Å². The van der Waals surface area contributed by atoms with Gasteiger partial charge in [0.15, 0.2) is 0 Å². The van der Waals surface area contributed by atoms with Crippen molar-refractivity contribution in [3.63, 3.8) is 0 Å². The average Bonchev–Trinajstić information content (AvgIpc) is 2.92. The average molecular weight is 250 g/mol. The van der Waals surface area contributed by atoms with Crippen molar-refractivity contribution < 1.29 is 4.74 Å². The largest absolute Gasteiger partial charge is 0.381 e. The molecule has 1 aromatic heterocycles. The van der Waals surface area contributed by atoms with E-state index in [4.69, 9.17) is 4.74 Å². The van der Waals surface area contributed by atoms with Crippen molar-refractivity contribution in [2.45, 2.75) is 46.1 Å². The summed E-state index contributed by atoms with van der Waals surface area (Å²) in [6.45, 7) is 8.03. The Morgan fingerprint density at radius 1 is 1.28 bits per heavy atom. The van der Waals surface area contributed by atoms with E-state index in [2.05, 4.69) is 41.3 Å². The van der Waals surface area contributed by atoms with E-state index >= 15 is 0 Å². The molecule has 5 nitrogen and oxygen atoms in total. The zero-order valence-electron chi connectivity index (χ0n) is 11.4. The molecule has 2 heterocycles. The minimum absolute atomic E-state index is 0.325. The van der Waals surface area contributed by atoms with E-state index in [1.54, 1.807) is 0 Å². The first-order valence-electron chi connectivity index (χ1n) is 6.81. The monoisotopic (exact) mass is 250 g/mol. The fraction of sp³-hybridized carbons (Fsp3) is 0.769. The SMILES string of the molecule is CCc1nnc(NC(C)C2CCOC2)nc1CC. The van der Waals surface area contributed by atoms with Crippen LogP contribution >= 0.6 is 0 Å². The number of nitrogens with zero attached hydrogens (tertiary/aromatic N) is 3. The van der Waals surface area contributed by atoms with Gasteiger partial charge in [-0.05, 0) is 26.2 Å². The van der Waals surface area contributed by atoms with E-state index in [-0.39, 0.29) is 0 Å². The summed E-state index contributed by atoms with van der Waals surface area (Å²) in [5.41, 5.74) is 2.05. The van der Waals surface area contributed by atoms with Gasteiger partial charge in [0.05, 0.1) is 18.0 Å². The first-order valence-corrected chi connectivity index (χ1v) is 6.81. The lowest BCUT2D eigenvalue weighted by molar-refractivity contribution is 0.183. The molecule has 1 aromatic rings. The zero-order chi connectivity index (χ0) is 13.0. The maximum Gasteiger partial charge on any atom is 0.243 e. The van der Waals surface area contributed by atoms with Crippen molar-refractivity contribution in [2.75, 3.05) is 18.5 Å². The van der Waals surface area contributed by atoms with Gasteiger partial charge in [0, 0.05) is 18.6 Å². The van der Waals surface area contributed by atoms with Gasteiger partial charge in [0.1, 0.15) is 0 Å². The maximum absolute atomic E-state index is 5.40. The van der Waals surface area contributed by atoms with Crippen LogP contribution in [0.1, 0.15) is 38.6 Å². The number of aryl methyl sites for hydroxylation is 2. The van der Waals surface area contributed by atoms with Crippen molar-refractivity contribution in [2.24, 2.45) is 5.92 Å². The molecule has 1 fully saturated rings. The molecule has 5 heteroatoms. The van der Waals surface area contributed by atoms with Gasteiger partial charge in [-0.15, -0.1) is 5.10 Å². The van der Waals surface area contributed by atoms with Crippen LogP contribution in [0.2, 0.25) is 0 Å². The summed E-state index contributed by atoms with van der Waals surface area (Å²) in [5.74, 6) is 1.19. The molecule has 2 rings (SSSR count). The third-order valence-electron chi connectivity index (χ3n) is 3.54. The predicted molar refractivity (Wildman–Crippen MR) is 70.6 cm³/mol. The fourth-order valence-corrected chi connectivity index (χ4v) is 2.27. The van der Waals surface area contributed by atoms with E-state index in [0.29, 0.717) is 17.9 Å². The molecule has 0 bridgehead atoms. The fourth-order valence-electron chi connectivity index (χ4n) is 2.27. The summed E-state index contributed by atoms with van der Waals surface area (Å²) in [6, 6.07) is 0.325. The summed E-state index contributed by atoms with van der Waals surface area (Å²) in [7, 11) is 0. The summed E-state index contributed by atoms with van der Waals surface area (Å²) < 4.78 is 5.40. The second kappa shape index (κ2) is 6.09. The van der Waals surface area contributed by atoms with Gasteiger partial charge in [-0.1, -0.05) is 13.8 Å². The molecule has 1 aliphatic rings. The summed E-state index contributed by atoms with van der Waals surface area (Å²) in [4.78, 5) is 4.55. The molecule has 2 atom stereocenters. The predicted octanol–water partition coefficient (Wildman–Crippen LogP) is 1.83. The van der Waals surface area contributed by atoms with Gasteiger partial charge in [0.2, 0.25) is 5.95 Å². The molecule has 0 aliphatic carbocycles. The van der Waals surface area contributed by atoms with Crippen LogP contribution in [0.4, 0.5) is 5.95 Å². The molecular weight excluding hydrogens is 228 g/mol. The first kappa shape index (κ1) is 13.2. The van der Waals surface area contributed by atoms with E-state index in [0.717, 1.165) is 43.9 Å². The summed E-state index contributed by atoms with van der Waals surface area (Å²) >= 11 is 0. The quantitative estimate of drug-likeness (QED) is 0.864. The molecule has 0 aromatic carbocycles. The highest BCUT2D eigenvalue weighted by molar-refractivity contribution is 5.27. The number of anilines is 1. The third kappa shape index (κ3) is 2.96. The van der Waals surface area contributed by atoms with Gasteiger partial charge in [-0.25, -0.2) is 4.98 Å². The van der Waals surface area contributed by atoms with Crippen molar-refractivity contribution in [3.8, 4) is 0 Å². The van der Waals surface area contributed by atoms with Gasteiger partial charge in [-0.2, -0.15) is 5.10 Å². The summed E-state index contributed by atoms with van der Waals surface area (Å²) in [6.07, 6.45) is 2.89. The van der Waals surface area contributed by atoms with Gasteiger partial charge >= 0.3 is 0 Å². The minimum atomic E-state index is 0.325. The molecule has 0 spiro atoms. The first-order chi connectivity index (χ1) is 8.74. The van der Waals surface area contributed by atoms with Crippen molar-refractivity contribution in [3.05, 3.63) is 11.4 Å². The van der Waals surface area contributed by atoms with Crippen molar-refractivity contribution >= 4 is 5.95 Å². The molecular formula is C13H22N4O. The Balaban J connectivity index is 2.04. The molecule has 18 heavy (non-hydrogen) atoms. The molecule has 0 saturated carbocycles. The third-order valence-corrected chi connectivity index (χ3v) is 3.54. The lowest BCUT2D eigenvalue weighted by atomic mass is 10.0. The molecule has 1 N–H and O–H groups in total. The Hall–Kier alpha value is -1.23. The number of nitrogens with one attached hydrogen (secondary N) is 1. The highest BCUT2D eigenvalue weighted by Crippen LogP contribution is 2.19. The second-order valence-electron chi connectivity index (χ2n) is 4.79. The van der Waals surface area contributed by atoms with Crippen LogP contribution in [0.3, 0.4) is 0 Å². The highest BCUT2D eigenvalue weighted by atomic mass is 16.5. The van der Waals surface area contributed by atoms with Crippen molar-refractivity contribution in [1.29, 1.82) is 0 Å². The van der Waals surface area contributed by atoms with Crippen LogP contribution in [0.25, 0.3) is 0 Å². The smallest absolute Gasteiger partial charge is 0.243 e. The van der Waals surface area contributed by atoms with Crippen LogP contribution in [0.15, 0.2) is 0 Å². The van der Waals surface area contributed by atoms with Crippen LogP contribution in [-0.2, 0) is 17.6 Å². The van der Waals surface area contributed by atoms with Crippen molar-refractivity contribution in [1.82, 2.24) is 15.2 Å². The molecule has 100 valence electrons. The molecule has 2 unspecified atom stereocenters. The number of hydrogen-bond acceptors (Lipinski definition) is 5. The molecule has 1 aliphatic heterocycles. The van der Waals surface area contributed by atoms with Crippen LogP contribution < -0.4 is 5.32 Å². The van der Waals surface area contributed by atoms with Gasteiger partial charge < -0.3 is 10.1 Å². The zero-order valence-corrected chi connectivity index (χ0v) is 11.4. The number of hydrogen-bond donors (Lipinski definition) is 1. The Kier molecular flexibility index (Phi) is 4.47. The Labute approximate surface area is 108 Å². The maximum atomic E-state index is 5.40. The molecule has 1 saturated heterocycles. The Bertz CT molecular complexity index is 391. The Morgan fingerprint density at radius 3 is 2.67 bits per heavy atom. The minimum Gasteiger partial charge on any atom is -0.381 e. The van der Waals surface area contributed by atoms with E-state index in [9.17, 15) is 0 Å². The van der Waals surface area contributed by atoms with Gasteiger partial charge in [-0.3, -0.25) is 0 Å². The molecule has 0 radical (unpaired) electrons. The second-order valence-corrected chi connectivity index (χ2v) is 4.79. The van der Waals surface area contributed by atoms with E-state index in [1.165, 1.54) is 0 Å². The molecule has 0 amide bonds. The standard InChI is InChI=1S/C13H22N4O/c1-4-11-12(5-2)16-17-13(15-11)14-9(3)10-6-7-18-8-10/h9-10H,4-8H2,1-3H3,(H,14,15,17). The van der Waals surface area contributed by atoms with E-state index < -0.39 is 0 Å². The highest BCUT2D eigenvalue weighted by Gasteiger charge is 2.23. The van der Waals surface area contributed by atoms with Crippen LogP contribution in [-0.4, -0.2) is 34.4 Å². The van der Waals surface area contributed by atoms with Crippen LogP contribution in [0.5, 0.6) is 0 Å². The number of ether oxygens (including phenoxy) is 1. The number of aromatic nitrogens is 3. The Morgan fingerprint density at radius 2 is 2.06 bits per heavy atom. The number of rotatable bonds is 5. The lowest BCUT2D eigenvalue weighted by Crippen LogP contribution is -2.27. The summed E-state index contributed by atoms with van der Waals surface area (Å²) in [5, 5.41) is 11.7. The lowest BCUT2D eigenvalue weighted by Gasteiger charge is -2.19. The van der Waals surface area contributed by atoms with E-state index in [1.807, 2.05) is 0 Å². The normalized spacial score (nSPS) is 20.9. The van der Waals surface area contributed by atoms with Crippen LogP contribution in [0, 0.1) is 5.92 Å². The topological polar surface area (TPSA) is 59.9 Å².